The largest absolute Gasteiger partial charge is 0.477 e. The van der Waals surface area contributed by atoms with Gasteiger partial charge in [-0.25, -0.2) is 14.3 Å². The number of nitrogens with zero attached hydrogens (tertiary/aromatic N) is 3. The first-order valence-electron chi connectivity index (χ1n) is 8.11. The molecule has 1 atom stereocenters. The summed E-state index contributed by atoms with van der Waals surface area (Å²) < 4.78 is 4.58. The molecule has 7 heteroatoms. The molecule has 1 aliphatic heterocycles. The van der Waals surface area contributed by atoms with Gasteiger partial charge in [0.15, 0.2) is 8.58 Å². The van der Waals surface area contributed by atoms with E-state index in [1.54, 1.807) is 15.9 Å². The third kappa shape index (κ3) is 2.79. The van der Waals surface area contributed by atoms with E-state index in [2.05, 4.69) is 27.6 Å². The minimum atomic E-state index is -0.134. The third-order valence-electron chi connectivity index (χ3n) is 4.72. The van der Waals surface area contributed by atoms with Crippen LogP contribution in [0.3, 0.4) is 0 Å². The van der Waals surface area contributed by atoms with Crippen LogP contribution in [0.1, 0.15) is 29.6 Å². The van der Waals surface area contributed by atoms with Crippen LogP contribution < -0.4 is 10.1 Å². The van der Waals surface area contributed by atoms with E-state index < -0.39 is 0 Å². The Morgan fingerprint density at radius 1 is 1.36 bits per heavy atom. The van der Waals surface area contributed by atoms with E-state index in [1.807, 2.05) is 48.1 Å². The normalized spacial score (nSPS) is 16.6. The molecule has 3 aromatic rings. The number of aromatic hydroxyl groups is 1. The highest BCUT2D eigenvalue weighted by Crippen LogP contribution is 2.34. The first kappa shape index (κ1) is 16.7. The SMILES string of the molecule is C[n+]1c(O)c(-c2ccccc2)c(=O)n2c1CCCC2c1cnc(I)s1. The summed E-state index contributed by atoms with van der Waals surface area (Å²) in [5.74, 6) is 0.892. The number of hydrogen-bond donors (Lipinski definition) is 1. The van der Waals surface area contributed by atoms with Gasteiger partial charge in [0.2, 0.25) is 0 Å². The average molecular weight is 466 g/mol. The van der Waals surface area contributed by atoms with Crippen molar-refractivity contribution in [3.05, 3.63) is 60.6 Å². The minimum absolute atomic E-state index is 0.0217. The van der Waals surface area contributed by atoms with Crippen LogP contribution in [0.4, 0.5) is 0 Å². The Bertz CT molecular complexity index is 998. The Balaban J connectivity index is 2.00. The zero-order valence-corrected chi connectivity index (χ0v) is 16.6. The number of benzene rings is 1. The van der Waals surface area contributed by atoms with E-state index in [4.69, 9.17) is 0 Å². The predicted octanol–water partition coefficient (Wildman–Crippen LogP) is 3.03. The smallest absolute Gasteiger partial charge is 0.349 e. The Labute approximate surface area is 162 Å². The van der Waals surface area contributed by atoms with Crippen molar-refractivity contribution in [2.24, 2.45) is 7.05 Å². The summed E-state index contributed by atoms with van der Waals surface area (Å²) in [5, 5.41) is 10.7. The molecule has 0 saturated carbocycles. The van der Waals surface area contributed by atoms with Crippen molar-refractivity contribution >= 4 is 33.9 Å². The number of aromatic nitrogens is 3. The summed E-state index contributed by atoms with van der Waals surface area (Å²) in [5.41, 5.74) is 0.960. The molecule has 0 fully saturated rings. The number of halogens is 1. The number of thiazole rings is 1. The van der Waals surface area contributed by atoms with Crippen molar-refractivity contribution in [2.45, 2.75) is 25.3 Å². The van der Waals surface area contributed by atoms with Crippen LogP contribution in [0, 0.1) is 3.01 Å². The van der Waals surface area contributed by atoms with Crippen molar-refractivity contribution in [3.63, 3.8) is 0 Å². The monoisotopic (exact) mass is 466 g/mol. The lowest BCUT2D eigenvalue weighted by Gasteiger charge is -2.23. The van der Waals surface area contributed by atoms with Gasteiger partial charge in [-0.15, -0.1) is 11.3 Å². The minimum Gasteiger partial charge on any atom is -0.477 e. The lowest BCUT2D eigenvalue weighted by atomic mass is 10.0. The van der Waals surface area contributed by atoms with Crippen LogP contribution in [0.5, 0.6) is 5.88 Å². The fraction of sp³-hybridized carbons (Fsp3) is 0.278. The van der Waals surface area contributed by atoms with Crippen molar-refractivity contribution in [1.29, 1.82) is 0 Å². The van der Waals surface area contributed by atoms with Gasteiger partial charge in [0.25, 0.3) is 11.7 Å². The van der Waals surface area contributed by atoms with Gasteiger partial charge >= 0.3 is 5.56 Å². The number of hydrogen-bond acceptors (Lipinski definition) is 4. The van der Waals surface area contributed by atoms with E-state index in [-0.39, 0.29) is 17.5 Å². The molecule has 0 bridgehead atoms. The van der Waals surface area contributed by atoms with Crippen LogP contribution in [-0.4, -0.2) is 14.7 Å². The zero-order chi connectivity index (χ0) is 17.6. The molecule has 0 spiro atoms. The van der Waals surface area contributed by atoms with Gasteiger partial charge in [0.05, 0.1) is 11.9 Å². The Morgan fingerprint density at radius 2 is 2.12 bits per heavy atom. The summed E-state index contributed by atoms with van der Waals surface area (Å²) in [6.07, 6.45) is 4.54. The van der Waals surface area contributed by atoms with Gasteiger partial charge in [-0.1, -0.05) is 30.3 Å². The van der Waals surface area contributed by atoms with E-state index >= 15 is 0 Å². The molecular weight excluding hydrogens is 449 g/mol. The standard InChI is InChI=1S/C18H16IN3O2S/c1-21-14-9-5-8-12(13-10-20-18(19)25-13)22(14)17(24)15(16(21)23)11-6-3-2-4-7-11/h2-4,6-7,10,12H,5,8-9H2,1H3/p+1. The molecule has 4 rings (SSSR count). The average Bonchev–Trinajstić information content (AvgIpc) is 3.06. The van der Waals surface area contributed by atoms with Crippen molar-refractivity contribution < 1.29 is 9.67 Å². The Morgan fingerprint density at radius 3 is 2.80 bits per heavy atom. The molecule has 0 saturated heterocycles. The highest BCUT2D eigenvalue weighted by atomic mass is 127. The number of rotatable bonds is 2. The predicted molar refractivity (Wildman–Crippen MR) is 105 cm³/mol. The molecule has 1 aromatic carbocycles. The van der Waals surface area contributed by atoms with Gasteiger partial charge in [-0.2, -0.15) is 4.57 Å². The summed E-state index contributed by atoms with van der Waals surface area (Å²) >= 11 is 3.83. The molecule has 2 aromatic heterocycles. The first-order valence-corrected chi connectivity index (χ1v) is 10.0. The van der Waals surface area contributed by atoms with Gasteiger partial charge < -0.3 is 5.11 Å². The summed E-state index contributed by atoms with van der Waals surface area (Å²) in [6.45, 7) is 0. The van der Waals surface area contributed by atoms with Gasteiger partial charge in [-0.3, -0.25) is 0 Å². The van der Waals surface area contributed by atoms with Crippen molar-refractivity contribution in [2.75, 3.05) is 0 Å². The second kappa shape index (κ2) is 6.53. The molecular formula is C18H17IN3O2S+. The second-order valence-electron chi connectivity index (χ2n) is 6.14. The Hall–Kier alpha value is -1.74. The summed E-state index contributed by atoms with van der Waals surface area (Å²) in [6, 6.07) is 9.35. The molecule has 5 nitrogen and oxygen atoms in total. The van der Waals surface area contributed by atoms with E-state index in [9.17, 15) is 9.90 Å². The summed E-state index contributed by atoms with van der Waals surface area (Å²) in [7, 11) is 1.83. The van der Waals surface area contributed by atoms with Crippen molar-refractivity contribution in [3.8, 4) is 17.0 Å². The fourth-order valence-electron chi connectivity index (χ4n) is 3.52. The van der Waals surface area contributed by atoms with Gasteiger partial charge in [0, 0.05) is 12.6 Å². The highest BCUT2D eigenvalue weighted by Gasteiger charge is 2.36. The van der Waals surface area contributed by atoms with Crippen LogP contribution in [0.15, 0.2) is 41.3 Å². The second-order valence-corrected chi connectivity index (χ2v) is 8.95. The molecule has 1 unspecified atom stereocenters. The molecule has 25 heavy (non-hydrogen) atoms. The maximum Gasteiger partial charge on any atom is 0.349 e. The van der Waals surface area contributed by atoms with E-state index in [1.165, 1.54) is 0 Å². The molecule has 0 radical (unpaired) electrons. The molecule has 1 aliphatic rings. The van der Waals surface area contributed by atoms with E-state index in [0.29, 0.717) is 5.56 Å². The first-order chi connectivity index (χ1) is 12.1. The molecule has 0 aliphatic carbocycles. The van der Waals surface area contributed by atoms with Crippen LogP contribution in [0.25, 0.3) is 11.1 Å². The van der Waals surface area contributed by atoms with E-state index in [0.717, 1.165) is 38.5 Å². The summed E-state index contributed by atoms with van der Waals surface area (Å²) in [4.78, 5) is 18.8. The van der Waals surface area contributed by atoms with Gasteiger partial charge in [0.1, 0.15) is 6.04 Å². The van der Waals surface area contributed by atoms with Crippen LogP contribution >= 0.6 is 33.9 Å². The molecule has 1 N–H and O–H groups in total. The zero-order valence-electron chi connectivity index (χ0n) is 13.6. The maximum atomic E-state index is 13.3. The van der Waals surface area contributed by atoms with Gasteiger partial charge in [-0.05, 0) is 41.0 Å². The molecule has 0 amide bonds. The lowest BCUT2D eigenvalue weighted by molar-refractivity contribution is -0.690. The molecule has 3 heterocycles. The fourth-order valence-corrected chi connectivity index (χ4v) is 5.19. The van der Waals surface area contributed by atoms with Crippen LogP contribution in [0.2, 0.25) is 0 Å². The number of fused-ring (bicyclic) bond motifs is 1. The highest BCUT2D eigenvalue weighted by molar-refractivity contribution is 14.1. The topological polar surface area (TPSA) is 59.0 Å². The lowest BCUT2D eigenvalue weighted by Crippen LogP contribution is -2.47. The molecule has 128 valence electrons. The quantitative estimate of drug-likeness (QED) is 0.467. The Kier molecular flexibility index (Phi) is 4.36. The third-order valence-corrected chi connectivity index (χ3v) is 6.54. The van der Waals surface area contributed by atoms with Crippen LogP contribution in [-0.2, 0) is 13.5 Å². The maximum absolute atomic E-state index is 13.3. The van der Waals surface area contributed by atoms with Crippen molar-refractivity contribution in [1.82, 2.24) is 9.55 Å².